The largest absolute Gasteiger partial charge is 0.497 e. The first-order valence-electron chi connectivity index (χ1n) is 11.8. The standard InChI is InChI=1S/C26H32N4O4/c1-4-5-6-7-23(31)30-14-12-29(13-15-30)19-10-8-18(9-11-19)25-27-21-16-20(33-2)17-22(34-3)24(21)26(32)28-25/h8-11,16-17H,4-7,12-15H2,1-3H3,(H,27,28,32). The quantitative estimate of drug-likeness (QED) is 0.510. The summed E-state index contributed by atoms with van der Waals surface area (Å²) < 4.78 is 10.7. The predicted molar refractivity (Wildman–Crippen MR) is 134 cm³/mol. The number of benzene rings is 2. The average Bonchev–Trinajstić information content (AvgIpc) is 2.88. The number of hydrogen-bond acceptors (Lipinski definition) is 6. The van der Waals surface area contributed by atoms with Gasteiger partial charge in [0.05, 0.1) is 19.7 Å². The average molecular weight is 465 g/mol. The number of aromatic nitrogens is 2. The van der Waals surface area contributed by atoms with Crippen molar-refractivity contribution in [1.29, 1.82) is 0 Å². The molecule has 0 aliphatic carbocycles. The Labute approximate surface area is 199 Å². The van der Waals surface area contributed by atoms with Crippen LogP contribution in [0.2, 0.25) is 0 Å². The van der Waals surface area contributed by atoms with E-state index in [1.165, 1.54) is 7.11 Å². The number of ether oxygens (including phenoxy) is 2. The number of H-pyrrole nitrogens is 1. The van der Waals surface area contributed by atoms with Crippen LogP contribution < -0.4 is 19.9 Å². The molecule has 0 saturated carbocycles. The van der Waals surface area contributed by atoms with E-state index in [-0.39, 0.29) is 11.5 Å². The van der Waals surface area contributed by atoms with Crippen LogP contribution in [-0.4, -0.2) is 61.2 Å². The first-order chi connectivity index (χ1) is 16.5. The summed E-state index contributed by atoms with van der Waals surface area (Å²) in [5.41, 5.74) is 2.16. The molecule has 0 unspecified atom stereocenters. The van der Waals surface area contributed by atoms with E-state index in [0.29, 0.717) is 34.6 Å². The van der Waals surface area contributed by atoms with E-state index in [0.717, 1.165) is 56.7 Å². The second kappa shape index (κ2) is 10.6. The smallest absolute Gasteiger partial charge is 0.262 e. The zero-order valence-electron chi connectivity index (χ0n) is 20.1. The molecule has 1 saturated heterocycles. The van der Waals surface area contributed by atoms with Crippen molar-refractivity contribution >= 4 is 22.5 Å². The molecule has 4 rings (SSSR count). The van der Waals surface area contributed by atoms with Crippen LogP contribution in [0.1, 0.15) is 32.6 Å². The highest BCUT2D eigenvalue weighted by atomic mass is 16.5. The maximum Gasteiger partial charge on any atom is 0.262 e. The highest BCUT2D eigenvalue weighted by Crippen LogP contribution is 2.29. The Hall–Kier alpha value is -3.55. The Morgan fingerprint density at radius 1 is 1.03 bits per heavy atom. The van der Waals surface area contributed by atoms with Gasteiger partial charge in [0.25, 0.3) is 5.56 Å². The van der Waals surface area contributed by atoms with Gasteiger partial charge in [-0.25, -0.2) is 4.98 Å². The second-order valence-corrected chi connectivity index (χ2v) is 8.51. The summed E-state index contributed by atoms with van der Waals surface area (Å²) in [4.78, 5) is 36.9. The van der Waals surface area contributed by atoms with E-state index in [2.05, 4.69) is 21.8 Å². The molecule has 1 aromatic heterocycles. The normalized spacial score (nSPS) is 13.9. The van der Waals surface area contributed by atoms with E-state index in [9.17, 15) is 9.59 Å². The number of nitrogens with zero attached hydrogens (tertiary/aromatic N) is 3. The van der Waals surface area contributed by atoms with Gasteiger partial charge in [0.15, 0.2) is 0 Å². The zero-order valence-corrected chi connectivity index (χ0v) is 20.1. The molecule has 1 N–H and O–H groups in total. The van der Waals surface area contributed by atoms with Crippen LogP contribution in [0.15, 0.2) is 41.2 Å². The molecular formula is C26H32N4O4. The Morgan fingerprint density at radius 3 is 2.41 bits per heavy atom. The second-order valence-electron chi connectivity index (χ2n) is 8.51. The third-order valence-corrected chi connectivity index (χ3v) is 6.33. The summed E-state index contributed by atoms with van der Waals surface area (Å²) in [6, 6.07) is 11.4. The minimum atomic E-state index is -0.261. The monoisotopic (exact) mass is 464 g/mol. The molecule has 1 aliphatic heterocycles. The van der Waals surface area contributed by atoms with Gasteiger partial charge in [0.1, 0.15) is 22.7 Å². The van der Waals surface area contributed by atoms with Gasteiger partial charge in [-0.15, -0.1) is 0 Å². The number of anilines is 1. The van der Waals surface area contributed by atoms with Crippen molar-refractivity contribution in [1.82, 2.24) is 14.9 Å². The number of amides is 1. The lowest BCUT2D eigenvalue weighted by molar-refractivity contribution is -0.131. The van der Waals surface area contributed by atoms with Crippen LogP contribution in [-0.2, 0) is 4.79 Å². The van der Waals surface area contributed by atoms with Crippen LogP contribution in [0.25, 0.3) is 22.3 Å². The molecule has 1 amide bonds. The molecule has 0 atom stereocenters. The minimum absolute atomic E-state index is 0.261. The number of aromatic amines is 1. The SMILES string of the molecule is CCCCCC(=O)N1CCN(c2ccc(-c3nc4cc(OC)cc(OC)c4c(=O)[nH]3)cc2)CC1. The fraction of sp³-hybridized carbons (Fsp3) is 0.423. The van der Waals surface area contributed by atoms with Gasteiger partial charge in [-0.3, -0.25) is 9.59 Å². The lowest BCUT2D eigenvalue weighted by atomic mass is 10.1. The van der Waals surface area contributed by atoms with Crippen molar-refractivity contribution in [3.63, 3.8) is 0 Å². The Morgan fingerprint density at radius 2 is 1.76 bits per heavy atom. The van der Waals surface area contributed by atoms with E-state index >= 15 is 0 Å². The number of piperazine rings is 1. The summed E-state index contributed by atoms with van der Waals surface area (Å²) in [6.45, 7) is 5.26. The van der Waals surface area contributed by atoms with Gasteiger partial charge < -0.3 is 24.3 Å². The number of nitrogens with one attached hydrogen (secondary N) is 1. The van der Waals surface area contributed by atoms with E-state index in [4.69, 9.17) is 9.47 Å². The fourth-order valence-corrected chi connectivity index (χ4v) is 4.36. The first-order valence-corrected chi connectivity index (χ1v) is 11.8. The molecule has 0 radical (unpaired) electrons. The molecular weight excluding hydrogens is 432 g/mol. The van der Waals surface area contributed by atoms with Gasteiger partial charge in [-0.2, -0.15) is 0 Å². The minimum Gasteiger partial charge on any atom is -0.497 e. The molecule has 2 heterocycles. The maximum absolute atomic E-state index is 12.8. The number of hydrogen-bond donors (Lipinski definition) is 1. The third-order valence-electron chi connectivity index (χ3n) is 6.33. The Bertz CT molecular complexity index is 1200. The molecule has 8 nitrogen and oxygen atoms in total. The number of fused-ring (bicyclic) bond motifs is 1. The molecule has 0 spiro atoms. The van der Waals surface area contributed by atoms with Crippen molar-refractivity contribution in [3.05, 3.63) is 46.8 Å². The summed E-state index contributed by atoms with van der Waals surface area (Å²) >= 11 is 0. The zero-order chi connectivity index (χ0) is 24.1. The maximum atomic E-state index is 12.8. The van der Waals surface area contributed by atoms with Crippen LogP contribution >= 0.6 is 0 Å². The molecule has 1 aliphatic rings. The van der Waals surface area contributed by atoms with Gasteiger partial charge in [0.2, 0.25) is 5.91 Å². The third kappa shape index (κ3) is 5.00. The molecule has 1 fully saturated rings. The van der Waals surface area contributed by atoms with Crippen LogP contribution in [0.5, 0.6) is 11.5 Å². The van der Waals surface area contributed by atoms with Crippen LogP contribution in [0.4, 0.5) is 5.69 Å². The molecule has 0 bridgehead atoms. The lowest BCUT2D eigenvalue weighted by Crippen LogP contribution is -2.48. The number of methoxy groups -OCH3 is 2. The molecule has 180 valence electrons. The highest BCUT2D eigenvalue weighted by molar-refractivity contribution is 5.87. The van der Waals surface area contributed by atoms with Crippen molar-refractivity contribution in [2.75, 3.05) is 45.3 Å². The lowest BCUT2D eigenvalue weighted by Gasteiger charge is -2.36. The van der Waals surface area contributed by atoms with Gasteiger partial charge in [-0.05, 0) is 30.7 Å². The Kier molecular flexibility index (Phi) is 7.35. The van der Waals surface area contributed by atoms with Crippen molar-refractivity contribution in [2.24, 2.45) is 0 Å². The number of rotatable bonds is 8. The van der Waals surface area contributed by atoms with Crippen molar-refractivity contribution in [2.45, 2.75) is 32.6 Å². The van der Waals surface area contributed by atoms with Gasteiger partial charge in [0, 0.05) is 56.0 Å². The van der Waals surface area contributed by atoms with Crippen LogP contribution in [0.3, 0.4) is 0 Å². The molecule has 3 aromatic rings. The first kappa shape index (κ1) is 23.6. The highest BCUT2D eigenvalue weighted by Gasteiger charge is 2.21. The van der Waals surface area contributed by atoms with E-state index in [1.807, 2.05) is 29.2 Å². The van der Waals surface area contributed by atoms with Crippen LogP contribution in [0, 0.1) is 0 Å². The molecule has 8 heteroatoms. The van der Waals surface area contributed by atoms with Gasteiger partial charge in [-0.1, -0.05) is 19.8 Å². The summed E-state index contributed by atoms with van der Waals surface area (Å²) in [6.07, 6.45) is 3.86. The summed E-state index contributed by atoms with van der Waals surface area (Å²) in [5, 5.41) is 0.394. The van der Waals surface area contributed by atoms with Gasteiger partial charge >= 0.3 is 0 Å². The molecule has 2 aromatic carbocycles. The summed E-state index contributed by atoms with van der Waals surface area (Å²) in [5.74, 6) is 1.75. The topological polar surface area (TPSA) is 87.8 Å². The number of carbonyl (C=O) groups excluding carboxylic acids is 1. The molecule has 34 heavy (non-hydrogen) atoms. The van der Waals surface area contributed by atoms with E-state index < -0.39 is 0 Å². The Balaban J connectivity index is 1.48. The van der Waals surface area contributed by atoms with Crippen molar-refractivity contribution in [3.8, 4) is 22.9 Å². The fourth-order valence-electron chi connectivity index (χ4n) is 4.36. The van der Waals surface area contributed by atoms with Crippen molar-refractivity contribution < 1.29 is 14.3 Å². The number of carbonyl (C=O) groups is 1. The predicted octanol–water partition coefficient (Wildman–Crippen LogP) is 3.84. The van der Waals surface area contributed by atoms with E-state index in [1.54, 1.807) is 19.2 Å². The summed E-state index contributed by atoms with van der Waals surface area (Å²) in [7, 11) is 3.08. The number of unbranched alkanes of at least 4 members (excludes halogenated alkanes) is 2.